The minimum absolute atomic E-state index is 0.131. The second kappa shape index (κ2) is 39.3. The topological polar surface area (TPSA) is 149 Å². The number of aliphatic hydroxyl groups is 5. The lowest BCUT2D eigenvalue weighted by atomic mass is 9.99. The molecule has 1 aliphatic rings. The molecule has 1 rings (SSSR count). The van der Waals surface area contributed by atoms with E-state index >= 15 is 0 Å². The predicted molar refractivity (Wildman–Crippen MR) is 235 cm³/mol. The van der Waals surface area contributed by atoms with Crippen LogP contribution in [0.3, 0.4) is 0 Å². The number of nitrogens with one attached hydrogen (secondary N) is 1. The Hall–Kier alpha value is -0.810. The smallest absolute Gasteiger partial charge is 0.220 e. The van der Waals surface area contributed by atoms with Crippen molar-refractivity contribution in [2.24, 2.45) is 0 Å². The molecule has 7 atom stereocenters. The van der Waals surface area contributed by atoms with E-state index in [2.05, 4.69) is 19.2 Å². The number of unbranched alkanes of at least 4 members (excludes halogenated alkanes) is 32. The fourth-order valence-corrected chi connectivity index (χ4v) is 8.22. The van der Waals surface area contributed by atoms with Gasteiger partial charge in [0.15, 0.2) is 6.29 Å². The van der Waals surface area contributed by atoms with Crippen LogP contribution in [-0.2, 0) is 14.3 Å². The Balaban J connectivity index is 2.26. The average Bonchev–Trinajstić information content (AvgIpc) is 3.21. The zero-order chi connectivity index (χ0) is 41.6. The molecule has 0 aromatic heterocycles. The molecule has 0 aromatic rings. The third-order valence-corrected chi connectivity index (χ3v) is 12.2. The van der Waals surface area contributed by atoms with Crippen molar-refractivity contribution >= 4 is 5.91 Å². The summed E-state index contributed by atoms with van der Waals surface area (Å²) in [5.41, 5.74) is 0. The van der Waals surface area contributed by atoms with Crippen LogP contribution in [0.25, 0.3) is 0 Å². The Morgan fingerprint density at radius 2 is 0.877 bits per heavy atom. The van der Waals surface area contributed by atoms with Crippen LogP contribution in [0.4, 0.5) is 0 Å². The quantitative estimate of drug-likeness (QED) is 0.0334. The Bertz CT molecular complexity index is 862. The lowest BCUT2D eigenvalue weighted by molar-refractivity contribution is -0.302. The molecule has 0 spiro atoms. The van der Waals surface area contributed by atoms with Gasteiger partial charge in [-0.1, -0.05) is 226 Å². The zero-order valence-electron chi connectivity index (χ0n) is 37.4. The third-order valence-electron chi connectivity index (χ3n) is 12.2. The van der Waals surface area contributed by atoms with Gasteiger partial charge in [-0.25, -0.2) is 0 Å². The van der Waals surface area contributed by atoms with Crippen LogP contribution in [-0.4, -0.2) is 87.5 Å². The van der Waals surface area contributed by atoms with Gasteiger partial charge in [0.05, 0.1) is 25.4 Å². The molecule has 0 radical (unpaired) electrons. The minimum Gasteiger partial charge on any atom is -0.394 e. The lowest BCUT2D eigenvalue weighted by Gasteiger charge is -2.40. The van der Waals surface area contributed by atoms with E-state index in [1.807, 2.05) is 0 Å². The summed E-state index contributed by atoms with van der Waals surface area (Å²) in [6.45, 7) is 3.86. The zero-order valence-corrected chi connectivity index (χ0v) is 37.4. The highest BCUT2D eigenvalue weighted by atomic mass is 16.7. The molecule has 6 N–H and O–H groups in total. The summed E-state index contributed by atoms with van der Waals surface area (Å²) in [5.74, 6) is -0.139. The van der Waals surface area contributed by atoms with Crippen LogP contribution in [0.5, 0.6) is 0 Å². The lowest BCUT2D eigenvalue weighted by Crippen LogP contribution is -2.60. The molecule has 340 valence electrons. The summed E-state index contributed by atoms with van der Waals surface area (Å²) < 4.78 is 11.3. The summed E-state index contributed by atoms with van der Waals surface area (Å²) in [6, 6.07) is -0.711. The van der Waals surface area contributed by atoms with Gasteiger partial charge >= 0.3 is 0 Å². The molecule has 1 aliphatic heterocycles. The summed E-state index contributed by atoms with van der Waals surface area (Å²) in [6.07, 6.45) is 36.8. The van der Waals surface area contributed by atoms with E-state index in [0.717, 1.165) is 38.5 Å². The number of hydrogen-bond acceptors (Lipinski definition) is 8. The fourth-order valence-electron chi connectivity index (χ4n) is 8.22. The van der Waals surface area contributed by atoms with Gasteiger partial charge in [0.25, 0.3) is 0 Å². The summed E-state index contributed by atoms with van der Waals surface area (Å²) >= 11 is 0. The normalized spacial score (nSPS) is 20.9. The second-order valence-corrected chi connectivity index (χ2v) is 17.6. The average molecular weight is 814 g/mol. The molecular formula is C48H95NO8. The van der Waals surface area contributed by atoms with Crippen LogP contribution in [0, 0.1) is 0 Å². The summed E-state index contributed by atoms with van der Waals surface area (Å²) in [7, 11) is 0. The Kier molecular flexibility index (Phi) is 37.4. The molecular weight excluding hydrogens is 719 g/mol. The van der Waals surface area contributed by atoms with Crippen molar-refractivity contribution in [3.8, 4) is 0 Å². The highest BCUT2D eigenvalue weighted by Crippen LogP contribution is 2.23. The number of hydrogen-bond donors (Lipinski definition) is 6. The summed E-state index contributed by atoms with van der Waals surface area (Å²) in [5, 5.41) is 54.4. The highest BCUT2D eigenvalue weighted by molar-refractivity contribution is 5.76. The van der Waals surface area contributed by atoms with Crippen molar-refractivity contribution in [3.05, 3.63) is 0 Å². The monoisotopic (exact) mass is 814 g/mol. The van der Waals surface area contributed by atoms with Gasteiger partial charge in [0.1, 0.15) is 24.4 Å². The van der Waals surface area contributed by atoms with E-state index in [-0.39, 0.29) is 12.5 Å². The van der Waals surface area contributed by atoms with Crippen molar-refractivity contribution in [1.29, 1.82) is 0 Å². The molecule has 9 heteroatoms. The molecule has 0 saturated carbocycles. The minimum atomic E-state index is -1.55. The molecule has 57 heavy (non-hydrogen) atoms. The first-order chi connectivity index (χ1) is 27.8. The number of amides is 1. The standard InChI is InChI=1S/C48H95NO8/c1-3-5-7-9-11-13-15-17-19-20-21-22-23-24-26-28-30-32-34-36-38-44(52)49-41(40-56-48-47(55)46(54)45(53)43(39-50)57-48)42(51)37-35-33-31-29-27-25-18-16-14-12-10-8-6-4-2/h41-43,45-48,50-51,53-55H,3-40H2,1-2H3,(H,49,52)/t41-,42+,43+,45-,46?,47?,48+/m0/s1. The van der Waals surface area contributed by atoms with Crippen LogP contribution in [0.15, 0.2) is 0 Å². The molecule has 1 saturated heterocycles. The van der Waals surface area contributed by atoms with E-state index < -0.39 is 49.5 Å². The largest absolute Gasteiger partial charge is 0.394 e. The second-order valence-electron chi connectivity index (χ2n) is 17.6. The first-order valence-corrected chi connectivity index (χ1v) is 24.7. The third kappa shape index (κ3) is 30.0. The van der Waals surface area contributed by atoms with Crippen molar-refractivity contribution in [2.75, 3.05) is 13.2 Å². The maximum Gasteiger partial charge on any atom is 0.220 e. The number of carbonyl (C=O) groups excluding carboxylic acids is 1. The summed E-state index contributed by atoms with van der Waals surface area (Å²) in [4.78, 5) is 13.0. The van der Waals surface area contributed by atoms with Gasteiger partial charge in [-0.2, -0.15) is 0 Å². The Labute approximate surface area is 351 Å². The Morgan fingerprint density at radius 1 is 0.526 bits per heavy atom. The molecule has 2 unspecified atom stereocenters. The Morgan fingerprint density at radius 3 is 1.25 bits per heavy atom. The van der Waals surface area contributed by atoms with Gasteiger partial charge in [-0.15, -0.1) is 0 Å². The fraction of sp³-hybridized carbons (Fsp3) is 0.979. The molecule has 1 heterocycles. The van der Waals surface area contributed by atoms with Gasteiger partial charge in [0.2, 0.25) is 5.91 Å². The van der Waals surface area contributed by atoms with E-state index in [1.165, 1.54) is 180 Å². The molecule has 0 bridgehead atoms. The molecule has 0 aliphatic carbocycles. The number of carbonyl (C=O) groups is 1. The SMILES string of the molecule is CCCCCCCCCCCCCCCCCCCCCCC(=O)N[C@@H](CO[C@@H]1O[C@H](CO)[C@H](O)C(O)C1O)[C@H](O)CCCCCCCCCCCCCCCC. The van der Waals surface area contributed by atoms with Crippen LogP contribution < -0.4 is 5.32 Å². The van der Waals surface area contributed by atoms with Crippen molar-refractivity contribution in [1.82, 2.24) is 5.32 Å². The number of rotatable bonds is 42. The number of ether oxygens (including phenoxy) is 2. The molecule has 1 fully saturated rings. The van der Waals surface area contributed by atoms with Gasteiger partial charge in [0, 0.05) is 6.42 Å². The van der Waals surface area contributed by atoms with Gasteiger partial charge in [-0.3, -0.25) is 4.79 Å². The first kappa shape index (κ1) is 54.2. The van der Waals surface area contributed by atoms with Crippen LogP contribution >= 0.6 is 0 Å². The van der Waals surface area contributed by atoms with E-state index in [1.54, 1.807) is 0 Å². The molecule has 9 nitrogen and oxygen atoms in total. The van der Waals surface area contributed by atoms with Crippen molar-refractivity contribution in [2.45, 2.75) is 288 Å². The first-order valence-electron chi connectivity index (χ1n) is 24.7. The number of aliphatic hydroxyl groups excluding tert-OH is 5. The molecule has 1 amide bonds. The van der Waals surface area contributed by atoms with E-state index in [9.17, 15) is 30.3 Å². The maximum absolute atomic E-state index is 13.0. The molecule has 0 aromatic carbocycles. The predicted octanol–water partition coefficient (Wildman–Crippen LogP) is 10.7. The van der Waals surface area contributed by atoms with Crippen LogP contribution in [0.1, 0.15) is 245 Å². The highest BCUT2D eigenvalue weighted by Gasteiger charge is 2.44. The van der Waals surface area contributed by atoms with Crippen molar-refractivity contribution in [3.63, 3.8) is 0 Å². The van der Waals surface area contributed by atoms with Crippen LogP contribution in [0.2, 0.25) is 0 Å². The van der Waals surface area contributed by atoms with E-state index in [4.69, 9.17) is 9.47 Å². The van der Waals surface area contributed by atoms with Crippen molar-refractivity contribution < 1.29 is 39.8 Å². The van der Waals surface area contributed by atoms with E-state index in [0.29, 0.717) is 12.8 Å². The maximum atomic E-state index is 13.0. The van der Waals surface area contributed by atoms with Gasteiger partial charge < -0.3 is 40.3 Å². The van der Waals surface area contributed by atoms with Gasteiger partial charge in [-0.05, 0) is 12.8 Å².